The van der Waals surface area contributed by atoms with E-state index in [9.17, 15) is 0 Å². The number of aromatic nitrogens is 4. The van der Waals surface area contributed by atoms with Crippen LogP contribution in [0.3, 0.4) is 0 Å². The second-order valence-electron chi connectivity index (χ2n) is 5.32. The van der Waals surface area contributed by atoms with Gasteiger partial charge in [0.2, 0.25) is 11.8 Å². The summed E-state index contributed by atoms with van der Waals surface area (Å²) in [6.45, 7) is 2.97. The van der Waals surface area contributed by atoms with Crippen molar-refractivity contribution in [3.05, 3.63) is 24.8 Å². The van der Waals surface area contributed by atoms with Crippen LogP contribution in [0.2, 0.25) is 0 Å². The second-order valence-corrected chi connectivity index (χ2v) is 5.32. The Bertz CT molecular complexity index is 577. The van der Waals surface area contributed by atoms with E-state index in [1.165, 1.54) is 0 Å². The summed E-state index contributed by atoms with van der Waals surface area (Å²) < 4.78 is 7.29. The first-order valence-electron chi connectivity index (χ1n) is 7.14. The highest BCUT2D eigenvalue weighted by Gasteiger charge is 2.21. The van der Waals surface area contributed by atoms with Gasteiger partial charge in [0.25, 0.3) is 0 Å². The molecule has 21 heavy (non-hydrogen) atoms. The lowest BCUT2D eigenvalue weighted by Gasteiger charge is -2.33. The van der Waals surface area contributed by atoms with E-state index in [0.717, 1.165) is 38.3 Å². The van der Waals surface area contributed by atoms with Crippen LogP contribution in [0.4, 0.5) is 11.8 Å². The van der Waals surface area contributed by atoms with Gasteiger partial charge in [0.1, 0.15) is 5.82 Å². The predicted molar refractivity (Wildman–Crippen MR) is 80.2 cm³/mol. The molecular weight excluding hydrogens is 268 g/mol. The zero-order valence-corrected chi connectivity index (χ0v) is 12.1. The van der Waals surface area contributed by atoms with Crippen molar-refractivity contribution in [2.45, 2.75) is 19.4 Å². The average Bonchev–Trinajstić information content (AvgIpc) is 3.00. The number of hydrogen-bond acceptors (Lipinski definition) is 6. The van der Waals surface area contributed by atoms with E-state index < -0.39 is 0 Å². The monoisotopic (exact) mass is 288 g/mol. The minimum absolute atomic E-state index is 0.255. The summed E-state index contributed by atoms with van der Waals surface area (Å²) in [4.78, 5) is 14.7. The minimum Gasteiger partial charge on any atom is -0.481 e. The van der Waals surface area contributed by atoms with Gasteiger partial charge in [-0.2, -0.15) is 9.97 Å². The van der Waals surface area contributed by atoms with Crippen LogP contribution in [-0.4, -0.2) is 39.7 Å². The van der Waals surface area contributed by atoms with Crippen LogP contribution in [0.1, 0.15) is 12.8 Å². The topological polar surface area (TPSA) is 82.1 Å². The lowest BCUT2D eigenvalue weighted by atomic mass is 9.97. The number of ether oxygens (including phenoxy) is 1. The van der Waals surface area contributed by atoms with Crippen molar-refractivity contribution in [3.63, 3.8) is 0 Å². The zero-order valence-electron chi connectivity index (χ0n) is 12.1. The molecule has 0 saturated carbocycles. The molecular formula is C14H20N6O. The molecule has 0 atom stereocenters. The Kier molecular flexibility index (Phi) is 3.89. The second kappa shape index (κ2) is 5.99. The Morgan fingerprint density at radius 3 is 2.81 bits per heavy atom. The number of hydrogen-bond donors (Lipinski definition) is 1. The Hall–Kier alpha value is -2.31. The molecule has 1 aliphatic rings. The van der Waals surface area contributed by atoms with Gasteiger partial charge < -0.3 is 19.9 Å². The lowest BCUT2D eigenvalue weighted by Crippen LogP contribution is -2.35. The number of piperidine rings is 1. The largest absolute Gasteiger partial charge is 0.481 e. The number of rotatable bonds is 4. The smallest absolute Gasteiger partial charge is 0.225 e. The van der Waals surface area contributed by atoms with Gasteiger partial charge in [0.05, 0.1) is 13.4 Å². The fourth-order valence-corrected chi connectivity index (χ4v) is 2.73. The molecule has 0 bridgehead atoms. The molecule has 7 heteroatoms. The number of imidazole rings is 1. The van der Waals surface area contributed by atoms with Crippen LogP contribution < -0.4 is 15.4 Å². The molecule has 3 rings (SSSR count). The van der Waals surface area contributed by atoms with E-state index in [2.05, 4.69) is 24.4 Å². The van der Waals surface area contributed by atoms with Crippen LogP contribution in [0.5, 0.6) is 5.88 Å². The predicted octanol–water partition coefficient (Wildman–Crippen LogP) is 1.18. The standard InChI is InChI=1S/C14H20N6O/c1-21-13-8-12(17-14(15)18-13)20-5-2-11(3-6-20)9-19-7-4-16-10-19/h4,7-8,10-11H,2-3,5-6,9H2,1H3,(H2,15,17,18). The first-order valence-corrected chi connectivity index (χ1v) is 7.14. The number of methoxy groups -OCH3 is 1. The molecule has 2 aromatic rings. The maximum atomic E-state index is 5.72. The molecule has 0 aromatic carbocycles. The first-order chi connectivity index (χ1) is 10.2. The van der Waals surface area contributed by atoms with E-state index in [1.54, 1.807) is 7.11 Å². The van der Waals surface area contributed by atoms with Crippen LogP contribution in [0.15, 0.2) is 24.8 Å². The number of nitrogens with two attached hydrogens (primary N) is 1. The molecule has 1 saturated heterocycles. The number of anilines is 2. The van der Waals surface area contributed by atoms with Crippen LogP contribution in [-0.2, 0) is 6.54 Å². The van der Waals surface area contributed by atoms with Crippen LogP contribution in [0.25, 0.3) is 0 Å². The summed E-state index contributed by atoms with van der Waals surface area (Å²) in [6.07, 6.45) is 7.98. The summed E-state index contributed by atoms with van der Waals surface area (Å²) >= 11 is 0. The Labute approximate surface area is 123 Å². The van der Waals surface area contributed by atoms with Gasteiger partial charge in [0.15, 0.2) is 0 Å². The fraction of sp³-hybridized carbons (Fsp3) is 0.500. The van der Waals surface area contributed by atoms with Crippen molar-refractivity contribution in [1.82, 2.24) is 19.5 Å². The van der Waals surface area contributed by atoms with Gasteiger partial charge >= 0.3 is 0 Å². The molecule has 2 aromatic heterocycles. The van der Waals surface area contributed by atoms with Crippen molar-refractivity contribution in [1.29, 1.82) is 0 Å². The van der Waals surface area contributed by atoms with Crippen molar-refractivity contribution in [2.75, 3.05) is 30.8 Å². The van der Waals surface area contributed by atoms with E-state index in [0.29, 0.717) is 11.8 Å². The van der Waals surface area contributed by atoms with Crippen molar-refractivity contribution in [2.24, 2.45) is 5.92 Å². The van der Waals surface area contributed by atoms with Gasteiger partial charge in [-0.3, -0.25) is 0 Å². The van der Waals surface area contributed by atoms with Crippen molar-refractivity contribution in [3.8, 4) is 5.88 Å². The molecule has 1 fully saturated rings. The van der Waals surface area contributed by atoms with E-state index >= 15 is 0 Å². The third kappa shape index (κ3) is 3.24. The molecule has 0 unspecified atom stereocenters. The maximum Gasteiger partial charge on any atom is 0.225 e. The molecule has 0 spiro atoms. The molecule has 0 radical (unpaired) electrons. The fourth-order valence-electron chi connectivity index (χ4n) is 2.73. The van der Waals surface area contributed by atoms with Gasteiger partial charge in [-0.15, -0.1) is 0 Å². The summed E-state index contributed by atoms with van der Waals surface area (Å²) in [7, 11) is 1.59. The third-order valence-corrected chi connectivity index (χ3v) is 3.88. The van der Waals surface area contributed by atoms with Gasteiger partial charge in [-0.05, 0) is 18.8 Å². The molecule has 0 amide bonds. The molecule has 0 aliphatic carbocycles. The molecule has 3 heterocycles. The quantitative estimate of drug-likeness (QED) is 0.909. The Morgan fingerprint density at radius 2 is 2.14 bits per heavy atom. The normalized spacial score (nSPS) is 16.1. The van der Waals surface area contributed by atoms with Crippen LogP contribution in [0, 0.1) is 5.92 Å². The number of nitrogen functional groups attached to an aromatic ring is 1. The van der Waals surface area contributed by atoms with Crippen LogP contribution >= 0.6 is 0 Å². The summed E-state index contributed by atoms with van der Waals surface area (Å²) in [5, 5.41) is 0. The SMILES string of the molecule is COc1cc(N2CCC(Cn3ccnc3)CC2)nc(N)n1. The highest BCUT2D eigenvalue weighted by Crippen LogP contribution is 2.25. The first kappa shape index (κ1) is 13.7. The average molecular weight is 288 g/mol. The Balaban J connectivity index is 1.61. The molecule has 2 N–H and O–H groups in total. The highest BCUT2D eigenvalue weighted by atomic mass is 16.5. The van der Waals surface area contributed by atoms with E-state index in [4.69, 9.17) is 10.5 Å². The molecule has 7 nitrogen and oxygen atoms in total. The van der Waals surface area contributed by atoms with Gasteiger partial charge in [-0.25, -0.2) is 4.98 Å². The van der Waals surface area contributed by atoms with Gasteiger partial charge in [0, 0.05) is 38.1 Å². The summed E-state index contributed by atoms with van der Waals surface area (Å²) in [6, 6.07) is 1.84. The van der Waals surface area contributed by atoms with Crippen molar-refractivity contribution >= 4 is 11.8 Å². The number of nitrogens with zero attached hydrogens (tertiary/aromatic N) is 5. The molecule has 112 valence electrons. The maximum absolute atomic E-state index is 5.72. The minimum atomic E-state index is 0.255. The zero-order chi connectivity index (χ0) is 14.7. The molecule has 1 aliphatic heterocycles. The summed E-state index contributed by atoms with van der Waals surface area (Å²) in [5.41, 5.74) is 5.72. The summed E-state index contributed by atoms with van der Waals surface area (Å²) in [5.74, 6) is 2.29. The van der Waals surface area contributed by atoms with Gasteiger partial charge in [-0.1, -0.05) is 0 Å². The Morgan fingerprint density at radius 1 is 1.33 bits per heavy atom. The van der Waals surface area contributed by atoms with E-state index in [-0.39, 0.29) is 5.95 Å². The third-order valence-electron chi connectivity index (χ3n) is 3.88. The van der Waals surface area contributed by atoms with Crippen molar-refractivity contribution < 1.29 is 4.74 Å². The highest BCUT2D eigenvalue weighted by molar-refractivity contribution is 5.45. The van der Waals surface area contributed by atoms with E-state index in [1.807, 2.05) is 24.8 Å². The lowest BCUT2D eigenvalue weighted by molar-refractivity contribution is 0.355.